The molecule has 4 rings (SSSR count). The van der Waals surface area contributed by atoms with E-state index in [1.54, 1.807) is 4.52 Å². The third-order valence-corrected chi connectivity index (χ3v) is 6.23. The van der Waals surface area contributed by atoms with E-state index in [1.165, 1.54) is 18.5 Å². The van der Waals surface area contributed by atoms with Crippen molar-refractivity contribution in [2.45, 2.75) is 57.8 Å². The summed E-state index contributed by atoms with van der Waals surface area (Å²) >= 11 is 0. The number of aryl methyl sites for hydroxylation is 2. The summed E-state index contributed by atoms with van der Waals surface area (Å²) in [6, 6.07) is 6.74. The molecule has 2 heterocycles. The van der Waals surface area contributed by atoms with Crippen molar-refractivity contribution in [3.8, 4) is 0 Å². The van der Waals surface area contributed by atoms with E-state index in [-0.39, 0.29) is 17.1 Å². The van der Waals surface area contributed by atoms with Crippen molar-refractivity contribution in [2.75, 3.05) is 6.54 Å². The van der Waals surface area contributed by atoms with Crippen LogP contribution in [0.15, 0.2) is 30.6 Å². The molecule has 0 spiro atoms. The highest BCUT2D eigenvalue weighted by Crippen LogP contribution is 2.40. The second-order valence-electron chi connectivity index (χ2n) is 8.00. The molecule has 0 bridgehead atoms. The van der Waals surface area contributed by atoms with Crippen LogP contribution in [0.2, 0.25) is 0 Å². The normalized spacial score (nSPS) is 15.7. The van der Waals surface area contributed by atoms with Crippen molar-refractivity contribution in [1.82, 2.24) is 24.9 Å². The number of fused-ring (bicyclic) bond motifs is 1. The molecule has 29 heavy (non-hydrogen) atoms. The molecule has 2 aromatic heterocycles. The fraction of sp³-hybridized carbons (Fsp3) is 0.455. The number of hydrogen-bond acceptors (Lipinski definition) is 4. The number of nitrogens with one attached hydrogen (secondary N) is 1. The van der Waals surface area contributed by atoms with Gasteiger partial charge in [-0.1, -0.05) is 25.0 Å². The van der Waals surface area contributed by atoms with Gasteiger partial charge in [0.15, 0.2) is 0 Å². The van der Waals surface area contributed by atoms with Gasteiger partial charge in [0.05, 0.1) is 0 Å². The van der Waals surface area contributed by atoms with Crippen LogP contribution in [0.5, 0.6) is 0 Å². The highest BCUT2D eigenvalue weighted by atomic mass is 19.1. The Bertz CT molecular complexity index is 1020. The Morgan fingerprint density at radius 2 is 1.93 bits per heavy atom. The molecule has 1 saturated carbocycles. The zero-order valence-corrected chi connectivity index (χ0v) is 16.9. The predicted octanol–water partition coefficient (Wildman–Crippen LogP) is 3.44. The van der Waals surface area contributed by atoms with E-state index in [0.717, 1.165) is 48.2 Å². The maximum absolute atomic E-state index is 13.3. The lowest BCUT2D eigenvalue weighted by Crippen LogP contribution is -2.39. The number of aromatic nitrogens is 4. The third-order valence-electron chi connectivity index (χ3n) is 6.23. The van der Waals surface area contributed by atoms with Gasteiger partial charge in [0, 0.05) is 29.8 Å². The highest BCUT2D eigenvalue weighted by Gasteiger charge is 2.35. The van der Waals surface area contributed by atoms with Gasteiger partial charge in [0.25, 0.3) is 5.78 Å². The smallest absolute Gasteiger partial charge is 0.252 e. The van der Waals surface area contributed by atoms with Gasteiger partial charge in [0.1, 0.15) is 12.1 Å². The molecule has 0 saturated heterocycles. The second kappa shape index (κ2) is 7.89. The van der Waals surface area contributed by atoms with Gasteiger partial charge >= 0.3 is 0 Å². The van der Waals surface area contributed by atoms with Crippen molar-refractivity contribution in [1.29, 1.82) is 0 Å². The van der Waals surface area contributed by atoms with Crippen molar-refractivity contribution in [3.05, 3.63) is 58.9 Å². The minimum atomic E-state index is -0.227. The molecular formula is C22H26FN5O. The van der Waals surface area contributed by atoms with Crippen LogP contribution in [0.4, 0.5) is 4.39 Å². The van der Waals surface area contributed by atoms with Gasteiger partial charge in [-0.05, 0) is 56.4 Å². The zero-order chi connectivity index (χ0) is 20.4. The van der Waals surface area contributed by atoms with E-state index in [0.29, 0.717) is 25.2 Å². The summed E-state index contributed by atoms with van der Waals surface area (Å²) in [4.78, 5) is 21.2. The Labute approximate surface area is 169 Å². The number of carbonyl (C=O) groups is 1. The summed E-state index contributed by atoms with van der Waals surface area (Å²) in [6.07, 6.45) is 6.79. The van der Waals surface area contributed by atoms with Gasteiger partial charge in [-0.3, -0.25) is 4.79 Å². The number of rotatable bonds is 6. The third kappa shape index (κ3) is 3.86. The molecular weight excluding hydrogens is 369 g/mol. The maximum atomic E-state index is 13.3. The lowest BCUT2D eigenvalue weighted by atomic mass is 9.78. The quantitative estimate of drug-likeness (QED) is 0.694. The molecule has 1 amide bonds. The summed E-state index contributed by atoms with van der Waals surface area (Å²) in [7, 11) is 0. The Balaban J connectivity index is 1.41. The van der Waals surface area contributed by atoms with Crippen LogP contribution in [-0.4, -0.2) is 32.0 Å². The fourth-order valence-corrected chi connectivity index (χ4v) is 4.53. The highest BCUT2D eigenvalue weighted by molar-refractivity contribution is 5.76. The lowest BCUT2D eigenvalue weighted by molar-refractivity contribution is -0.121. The van der Waals surface area contributed by atoms with Gasteiger partial charge in [-0.2, -0.15) is 10.1 Å². The first kappa shape index (κ1) is 19.5. The van der Waals surface area contributed by atoms with E-state index >= 15 is 0 Å². The molecule has 0 aliphatic heterocycles. The summed E-state index contributed by atoms with van der Waals surface area (Å²) in [5.41, 5.74) is 3.92. The van der Waals surface area contributed by atoms with E-state index in [9.17, 15) is 9.18 Å². The van der Waals surface area contributed by atoms with Crippen LogP contribution < -0.4 is 5.32 Å². The Kier molecular flexibility index (Phi) is 5.30. The van der Waals surface area contributed by atoms with Crippen LogP contribution in [-0.2, 0) is 16.6 Å². The molecule has 6 nitrogen and oxygen atoms in total. The number of amides is 1. The van der Waals surface area contributed by atoms with Crippen LogP contribution in [0.1, 0.15) is 54.6 Å². The monoisotopic (exact) mass is 395 g/mol. The van der Waals surface area contributed by atoms with Gasteiger partial charge in [-0.15, -0.1) is 0 Å². The molecule has 1 aliphatic rings. The first-order valence-corrected chi connectivity index (χ1v) is 10.2. The number of nitrogens with zero attached hydrogens (tertiary/aromatic N) is 4. The average Bonchev–Trinajstić information content (AvgIpc) is 3.37. The number of halogens is 1. The van der Waals surface area contributed by atoms with Gasteiger partial charge < -0.3 is 5.32 Å². The average molecular weight is 395 g/mol. The molecule has 3 aromatic rings. The minimum Gasteiger partial charge on any atom is -0.355 e. The molecule has 152 valence electrons. The molecule has 0 atom stereocenters. The van der Waals surface area contributed by atoms with E-state index in [4.69, 9.17) is 0 Å². The van der Waals surface area contributed by atoms with Crippen LogP contribution in [0.25, 0.3) is 5.78 Å². The Hall–Kier alpha value is -2.83. The van der Waals surface area contributed by atoms with Crippen molar-refractivity contribution in [2.24, 2.45) is 0 Å². The van der Waals surface area contributed by atoms with Crippen LogP contribution in [0.3, 0.4) is 0 Å². The molecule has 0 radical (unpaired) electrons. The number of hydrogen-bond donors (Lipinski definition) is 1. The predicted molar refractivity (Wildman–Crippen MR) is 108 cm³/mol. The van der Waals surface area contributed by atoms with Crippen LogP contribution in [0, 0.1) is 19.7 Å². The lowest BCUT2D eigenvalue weighted by Gasteiger charge is -2.30. The molecule has 1 N–H and O–H groups in total. The molecule has 1 aliphatic carbocycles. The summed E-state index contributed by atoms with van der Waals surface area (Å²) in [5.74, 6) is 0.376. The van der Waals surface area contributed by atoms with Crippen LogP contribution >= 0.6 is 0 Å². The summed E-state index contributed by atoms with van der Waals surface area (Å²) in [6.45, 7) is 4.51. The number of benzene rings is 1. The summed E-state index contributed by atoms with van der Waals surface area (Å²) in [5, 5.41) is 7.33. The summed E-state index contributed by atoms with van der Waals surface area (Å²) < 4.78 is 15.0. The topological polar surface area (TPSA) is 72.2 Å². The molecule has 7 heteroatoms. The number of carbonyl (C=O) groups excluding carboxylic acids is 1. The molecule has 0 unspecified atom stereocenters. The van der Waals surface area contributed by atoms with E-state index < -0.39 is 0 Å². The first-order valence-electron chi connectivity index (χ1n) is 10.2. The Morgan fingerprint density at radius 3 is 2.66 bits per heavy atom. The minimum absolute atomic E-state index is 0.0240. The first-order chi connectivity index (χ1) is 14.0. The molecule has 1 aromatic carbocycles. The molecule has 1 fully saturated rings. The van der Waals surface area contributed by atoms with E-state index in [1.807, 2.05) is 26.0 Å². The zero-order valence-electron chi connectivity index (χ0n) is 16.9. The fourth-order valence-electron chi connectivity index (χ4n) is 4.53. The largest absolute Gasteiger partial charge is 0.355 e. The van der Waals surface area contributed by atoms with Gasteiger partial charge in [0.2, 0.25) is 5.91 Å². The van der Waals surface area contributed by atoms with Crippen molar-refractivity contribution in [3.63, 3.8) is 0 Å². The second-order valence-corrected chi connectivity index (χ2v) is 8.00. The van der Waals surface area contributed by atoms with Crippen molar-refractivity contribution >= 4 is 11.7 Å². The maximum Gasteiger partial charge on any atom is 0.252 e. The van der Waals surface area contributed by atoms with Gasteiger partial charge in [-0.25, -0.2) is 13.9 Å². The van der Waals surface area contributed by atoms with Crippen molar-refractivity contribution < 1.29 is 9.18 Å². The Morgan fingerprint density at radius 1 is 1.21 bits per heavy atom. The van der Waals surface area contributed by atoms with E-state index in [2.05, 4.69) is 20.4 Å². The standard InChI is InChI=1S/C22H26FN5O/c1-15-19(16(2)28-21(27-15)25-14-26-28)9-10-20(29)24-13-22(11-3-4-12-22)17-5-7-18(23)8-6-17/h5-8,14H,3-4,9-13H2,1-2H3,(H,24,29). The SMILES string of the molecule is Cc1nc2ncnn2c(C)c1CCC(=O)NCC1(c2ccc(F)cc2)CCCC1.